The Morgan fingerprint density at radius 2 is 1.67 bits per heavy atom. The normalized spacial score (nSPS) is 53.4. The second-order valence-electron chi connectivity index (χ2n) is 10.4. The van der Waals surface area contributed by atoms with E-state index in [9.17, 15) is 9.90 Å². The maximum Gasteiger partial charge on any atom is 0.151 e. The van der Waals surface area contributed by atoms with E-state index in [-0.39, 0.29) is 11.3 Å². The van der Waals surface area contributed by atoms with Crippen LogP contribution in [0.5, 0.6) is 0 Å². The Morgan fingerprint density at radius 1 is 0.917 bits per heavy atom. The zero-order valence-corrected chi connectivity index (χ0v) is 15.9. The lowest BCUT2D eigenvalue weighted by molar-refractivity contribution is -0.146. The molecule has 0 saturated heterocycles. The first-order chi connectivity index (χ1) is 11.3. The Hall–Kier alpha value is -0.370. The molecule has 4 aliphatic rings. The number of hydrogen-bond acceptors (Lipinski definition) is 2. The van der Waals surface area contributed by atoms with Gasteiger partial charge in [0.05, 0.1) is 0 Å². The summed E-state index contributed by atoms with van der Waals surface area (Å²) in [6.45, 7) is 6.77. The number of hydrogen-bond donors (Lipinski definition) is 1. The maximum absolute atomic E-state index is 11.5. The summed E-state index contributed by atoms with van der Waals surface area (Å²) >= 11 is 0. The zero-order valence-electron chi connectivity index (χ0n) is 15.9. The fourth-order valence-electron chi connectivity index (χ4n) is 8.34. The van der Waals surface area contributed by atoms with Gasteiger partial charge < -0.3 is 9.90 Å². The van der Waals surface area contributed by atoms with Crippen molar-refractivity contribution in [3.8, 4) is 0 Å². The minimum absolute atomic E-state index is 0.158. The highest BCUT2D eigenvalue weighted by molar-refractivity contribution is 5.62. The van der Waals surface area contributed by atoms with Crippen molar-refractivity contribution in [2.45, 2.75) is 90.6 Å². The molecule has 0 aliphatic heterocycles. The van der Waals surface area contributed by atoms with Crippen LogP contribution in [0.2, 0.25) is 0 Å². The van der Waals surface area contributed by atoms with Gasteiger partial charge in [-0.2, -0.15) is 0 Å². The summed E-state index contributed by atoms with van der Waals surface area (Å²) in [4.78, 5) is 11.5. The molecule has 0 aromatic carbocycles. The number of aldehydes is 1. The predicted molar refractivity (Wildman–Crippen MR) is 96.5 cm³/mol. The topological polar surface area (TPSA) is 37.3 Å². The number of carbonyl (C=O) groups is 1. The highest BCUT2D eigenvalue weighted by Crippen LogP contribution is 2.68. The first-order valence-corrected chi connectivity index (χ1v) is 10.5. The Balaban J connectivity index is 1.63. The third-order valence-electron chi connectivity index (χ3n) is 9.53. The van der Waals surface area contributed by atoms with Crippen molar-refractivity contribution in [3.05, 3.63) is 0 Å². The van der Waals surface area contributed by atoms with Gasteiger partial charge in [-0.05, 0) is 98.7 Å². The molecule has 4 rings (SSSR count). The van der Waals surface area contributed by atoms with Crippen molar-refractivity contribution >= 4 is 6.29 Å². The summed E-state index contributed by atoms with van der Waals surface area (Å²) in [7, 11) is 0. The summed E-state index contributed by atoms with van der Waals surface area (Å²) in [6, 6.07) is 0. The molecule has 0 aromatic rings. The summed E-state index contributed by atoms with van der Waals surface area (Å²) in [6.07, 6.45) is 14.2. The van der Waals surface area contributed by atoms with Gasteiger partial charge in [0, 0.05) is 0 Å². The van der Waals surface area contributed by atoms with E-state index in [0.717, 1.165) is 36.4 Å². The van der Waals surface area contributed by atoms with Gasteiger partial charge in [0.2, 0.25) is 0 Å². The van der Waals surface area contributed by atoms with Crippen LogP contribution in [0.15, 0.2) is 0 Å². The van der Waals surface area contributed by atoms with Crippen LogP contribution in [0.3, 0.4) is 0 Å². The highest BCUT2D eigenvalue weighted by Gasteiger charge is 2.62. The van der Waals surface area contributed by atoms with E-state index in [0.29, 0.717) is 5.41 Å². The molecule has 1 N–H and O–H groups in total. The van der Waals surface area contributed by atoms with Crippen LogP contribution < -0.4 is 0 Å². The molecule has 0 spiro atoms. The predicted octanol–water partition coefficient (Wildman–Crippen LogP) is 4.99. The summed E-state index contributed by atoms with van der Waals surface area (Å²) in [5.41, 5.74) is -0.389. The third-order valence-corrected chi connectivity index (χ3v) is 9.53. The van der Waals surface area contributed by atoms with E-state index in [2.05, 4.69) is 13.8 Å². The third kappa shape index (κ3) is 2.20. The summed E-state index contributed by atoms with van der Waals surface area (Å²) in [5, 5.41) is 10.7. The minimum atomic E-state index is -1.14. The number of rotatable bonds is 2. The molecule has 8 atom stereocenters. The molecular weight excluding hydrogens is 296 g/mol. The van der Waals surface area contributed by atoms with Crippen LogP contribution in [-0.4, -0.2) is 17.0 Å². The van der Waals surface area contributed by atoms with E-state index < -0.39 is 5.60 Å². The number of aliphatic hydroxyl groups is 1. The van der Waals surface area contributed by atoms with Gasteiger partial charge in [-0.15, -0.1) is 0 Å². The van der Waals surface area contributed by atoms with Gasteiger partial charge in [0.15, 0.2) is 6.29 Å². The van der Waals surface area contributed by atoms with E-state index in [1.165, 1.54) is 57.8 Å². The van der Waals surface area contributed by atoms with Crippen molar-refractivity contribution in [3.63, 3.8) is 0 Å². The fraction of sp³-hybridized carbons (Fsp3) is 0.955. The fourth-order valence-corrected chi connectivity index (χ4v) is 8.34. The smallest absolute Gasteiger partial charge is 0.151 e. The van der Waals surface area contributed by atoms with Gasteiger partial charge >= 0.3 is 0 Å². The van der Waals surface area contributed by atoms with Crippen molar-refractivity contribution in [2.75, 3.05) is 0 Å². The Morgan fingerprint density at radius 3 is 2.42 bits per heavy atom. The minimum Gasteiger partial charge on any atom is -0.382 e. The molecule has 0 radical (unpaired) electrons. The Kier molecular flexibility index (Phi) is 3.95. The van der Waals surface area contributed by atoms with Crippen LogP contribution in [0.1, 0.15) is 85.0 Å². The molecule has 4 aliphatic carbocycles. The average molecular weight is 333 g/mol. The average Bonchev–Trinajstić information content (AvgIpc) is 2.92. The molecule has 4 fully saturated rings. The molecule has 0 aromatic heterocycles. The SMILES string of the molecule is C[C@]12CC[C@H]3[C@@H](CCC4CCCC[C@@]43C)[C@@H]1CC[C@@H]2[C@@](C)(O)C=O. The van der Waals surface area contributed by atoms with Gasteiger partial charge in [-0.3, -0.25) is 0 Å². The molecular formula is C22H36O2. The standard InChI is InChI=1S/C22H36O2/c1-20-12-5-4-6-15(20)7-8-16-17-9-10-19(22(3,24)14-23)21(17,2)13-11-18(16)20/h14-19,24H,4-13H2,1-3H3/t15?,16-,17-,18-,19-,20-,21-,22-/m0/s1. The Labute approximate surface area is 147 Å². The van der Waals surface area contributed by atoms with E-state index >= 15 is 0 Å². The van der Waals surface area contributed by atoms with E-state index in [1.54, 1.807) is 6.92 Å². The monoisotopic (exact) mass is 332 g/mol. The molecule has 2 nitrogen and oxygen atoms in total. The van der Waals surface area contributed by atoms with Crippen LogP contribution >= 0.6 is 0 Å². The van der Waals surface area contributed by atoms with Crippen molar-refractivity contribution < 1.29 is 9.90 Å². The Bertz CT molecular complexity index is 512. The highest BCUT2D eigenvalue weighted by atomic mass is 16.3. The van der Waals surface area contributed by atoms with E-state index in [1.807, 2.05) is 0 Å². The summed E-state index contributed by atoms with van der Waals surface area (Å²) in [5.74, 6) is 3.59. The number of carbonyl (C=O) groups excluding carboxylic acids is 1. The number of fused-ring (bicyclic) bond motifs is 5. The van der Waals surface area contributed by atoms with Crippen LogP contribution in [-0.2, 0) is 4.79 Å². The summed E-state index contributed by atoms with van der Waals surface area (Å²) < 4.78 is 0. The van der Waals surface area contributed by atoms with Crippen molar-refractivity contribution in [1.29, 1.82) is 0 Å². The maximum atomic E-state index is 11.5. The van der Waals surface area contributed by atoms with Crippen molar-refractivity contribution in [1.82, 2.24) is 0 Å². The lowest BCUT2D eigenvalue weighted by Crippen LogP contribution is -2.54. The second kappa shape index (κ2) is 5.56. The first kappa shape index (κ1) is 17.1. The molecule has 0 bridgehead atoms. The molecule has 136 valence electrons. The molecule has 0 heterocycles. The largest absolute Gasteiger partial charge is 0.382 e. The molecule has 24 heavy (non-hydrogen) atoms. The molecule has 1 unspecified atom stereocenters. The van der Waals surface area contributed by atoms with Gasteiger partial charge in [0.25, 0.3) is 0 Å². The van der Waals surface area contributed by atoms with Crippen molar-refractivity contribution in [2.24, 2.45) is 40.4 Å². The zero-order chi connectivity index (χ0) is 17.2. The van der Waals surface area contributed by atoms with Gasteiger partial charge in [0.1, 0.15) is 5.60 Å². The van der Waals surface area contributed by atoms with E-state index in [4.69, 9.17) is 0 Å². The van der Waals surface area contributed by atoms with Crippen LogP contribution in [0.25, 0.3) is 0 Å². The molecule has 0 amide bonds. The first-order valence-electron chi connectivity index (χ1n) is 10.5. The second-order valence-corrected chi connectivity index (χ2v) is 10.4. The van der Waals surface area contributed by atoms with Gasteiger partial charge in [-0.1, -0.05) is 26.7 Å². The van der Waals surface area contributed by atoms with Crippen LogP contribution in [0.4, 0.5) is 0 Å². The lowest BCUT2D eigenvalue weighted by atomic mass is 9.44. The van der Waals surface area contributed by atoms with Crippen LogP contribution in [0, 0.1) is 40.4 Å². The lowest BCUT2D eigenvalue weighted by Gasteiger charge is -2.61. The quantitative estimate of drug-likeness (QED) is 0.724. The molecule has 4 saturated carbocycles. The van der Waals surface area contributed by atoms with Gasteiger partial charge in [-0.25, -0.2) is 0 Å². The molecule has 2 heteroatoms.